The third-order valence-electron chi connectivity index (χ3n) is 1.31. The molecule has 1 heterocycles. The zero-order valence-corrected chi connectivity index (χ0v) is 9.25. The standard InChI is InChI=1S/C11H13NO3/c1-8-7-9(15-12-8)5-6-10(13)14-11(2,3)4/h7H,1-4H3. The van der Waals surface area contributed by atoms with Gasteiger partial charge in [-0.1, -0.05) is 5.16 Å². The molecule has 0 saturated carbocycles. The SMILES string of the molecule is Cc1cc(C#CC(=O)OC(C)(C)C)on1. The maximum atomic E-state index is 11.2. The fourth-order valence-corrected chi connectivity index (χ4v) is 0.839. The van der Waals surface area contributed by atoms with Crippen molar-refractivity contribution in [2.45, 2.75) is 33.3 Å². The van der Waals surface area contributed by atoms with Crippen LogP contribution in [0.4, 0.5) is 0 Å². The van der Waals surface area contributed by atoms with Gasteiger partial charge in [0, 0.05) is 12.0 Å². The molecule has 0 aliphatic carbocycles. The molecule has 0 fully saturated rings. The molecule has 0 amide bonds. The van der Waals surface area contributed by atoms with Gasteiger partial charge in [0.15, 0.2) is 0 Å². The van der Waals surface area contributed by atoms with Crippen molar-refractivity contribution in [3.63, 3.8) is 0 Å². The number of carbonyl (C=O) groups excluding carboxylic acids is 1. The van der Waals surface area contributed by atoms with Crippen LogP contribution in [0.3, 0.4) is 0 Å². The molecule has 4 nitrogen and oxygen atoms in total. The second-order valence-electron chi connectivity index (χ2n) is 4.08. The van der Waals surface area contributed by atoms with Crippen LogP contribution in [0.1, 0.15) is 32.2 Å². The van der Waals surface area contributed by atoms with Gasteiger partial charge in [0.2, 0.25) is 5.76 Å². The molecule has 80 valence electrons. The van der Waals surface area contributed by atoms with Crippen LogP contribution in [0.5, 0.6) is 0 Å². The van der Waals surface area contributed by atoms with E-state index >= 15 is 0 Å². The summed E-state index contributed by atoms with van der Waals surface area (Å²) in [5.74, 6) is 4.64. The van der Waals surface area contributed by atoms with Crippen molar-refractivity contribution < 1.29 is 14.1 Å². The van der Waals surface area contributed by atoms with Crippen LogP contribution in [0.25, 0.3) is 0 Å². The second-order valence-corrected chi connectivity index (χ2v) is 4.08. The van der Waals surface area contributed by atoms with Gasteiger partial charge in [0.05, 0.1) is 5.69 Å². The van der Waals surface area contributed by atoms with Gasteiger partial charge in [-0.2, -0.15) is 0 Å². The second kappa shape index (κ2) is 4.18. The fraction of sp³-hybridized carbons (Fsp3) is 0.455. The molecule has 1 aromatic rings. The van der Waals surface area contributed by atoms with Crippen LogP contribution in [0.2, 0.25) is 0 Å². The molecular weight excluding hydrogens is 194 g/mol. The molecular formula is C11H13NO3. The third kappa shape index (κ3) is 4.32. The topological polar surface area (TPSA) is 52.3 Å². The summed E-state index contributed by atoms with van der Waals surface area (Å²) in [4.78, 5) is 11.2. The first kappa shape index (κ1) is 11.3. The Hall–Kier alpha value is -1.76. The minimum absolute atomic E-state index is 0.360. The van der Waals surface area contributed by atoms with Gasteiger partial charge < -0.3 is 9.26 Å². The minimum atomic E-state index is -0.573. The molecule has 0 radical (unpaired) electrons. The predicted octanol–water partition coefficient (Wildman–Crippen LogP) is 1.68. The molecule has 1 aromatic heterocycles. The van der Waals surface area contributed by atoms with Gasteiger partial charge >= 0.3 is 5.97 Å². The highest BCUT2D eigenvalue weighted by Crippen LogP contribution is 2.06. The van der Waals surface area contributed by atoms with Crippen molar-refractivity contribution >= 4 is 5.97 Å². The summed E-state index contributed by atoms with van der Waals surface area (Å²) in [6.45, 7) is 7.13. The van der Waals surface area contributed by atoms with Crippen molar-refractivity contribution in [1.82, 2.24) is 5.16 Å². The lowest BCUT2D eigenvalue weighted by molar-refractivity contribution is -0.147. The summed E-state index contributed by atoms with van der Waals surface area (Å²) in [6, 6.07) is 1.65. The van der Waals surface area contributed by atoms with E-state index in [2.05, 4.69) is 17.0 Å². The van der Waals surface area contributed by atoms with E-state index in [4.69, 9.17) is 9.26 Å². The Bertz CT molecular complexity index is 415. The first-order chi connectivity index (χ1) is 6.87. The molecule has 1 rings (SSSR count). The van der Waals surface area contributed by atoms with Crippen LogP contribution in [0, 0.1) is 18.8 Å². The summed E-state index contributed by atoms with van der Waals surface area (Å²) < 4.78 is 9.81. The Morgan fingerprint density at radius 3 is 2.67 bits per heavy atom. The Labute approximate surface area is 88.6 Å². The van der Waals surface area contributed by atoms with E-state index in [0.717, 1.165) is 5.69 Å². The lowest BCUT2D eigenvalue weighted by Crippen LogP contribution is -2.22. The smallest absolute Gasteiger partial charge is 0.385 e. The average Bonchev–Trinajstić information content (AvgIpc) is 2.45. The number of carbonyl (C=O) groups is 1. The van der Waals surface area contributed by atoms with Crippen LogP contribution < -0.4 is 0 Å². The zero-order chi connectivity index (χ0) is 11.5. The Kier molecular flexibility index (Phi) is 3.15. The summed E-state index contributed by atoms with van der Waals surface area (Å²) in [5, 5.41) is 3.64. The van der Waals surface area contributed by atoms with E-state index in [-0.39, 0.29) is 0 Å². The largest absolute Gasteiger partial charge is 0.450 e. The van der Waals surface area contributed by atoms with E-state index in [1.54, 1.807) is 33.8 Å². The van der Waals surface area contributed by atoms with Crippen LogP contribution in [-0.2, 0) is 9.53 Å². The first-order valence-electron chi connectivity index (χ1n) is 4.55. The number of hydrogen-bond acceptors (Lipinski definition) is 4. The van der Waals surface area contributed by atoms with E-state index in [0.29, 0.717) is 5.76 Å². The van der Waals surface area contributed by atoms with Gasteiger partial charge in [0.25, 0.3) is 0 Å². The van der Waals surface area contributed by atoms with Gasteiger partial charge in [-0.3, -0.25) is 0 Å². The quantitative estimate of drug-likeness (QED) is 0.479. The van der Waals surface area contributed by atoms with Crippen LogP contribution >= 0.6 is 0 Å². The maximum Gasteiger partial charge on any atom is 0.385 e. The molecule has 0 aliphatic rings. The molecule has 0 aliphatic heterocycles. The lowest BCUT2D eigenvalue weighted by atomic mass is 10.2. The molecule has 0 atom stereocenters. The Balaban J connectivity index is 2.63. The van der Waals surface area contributed by atoms with Gasteiger partial charge in [-0.15, -0.1) is 0 Å². The summed E-state index contributed by atoms with van der Waals surface area (Å²) >= 11 is 0. The zero-order valence-electron chi connectivity index (χ0n) is 9.25. The third-order valence-corrected chi connectivity index (χ3v) is 1.31. The molecule has 0 saturated heterocycles. The summed E-state index contributed by atoms with van der Waals surface area (Å²) in [6.07, 6.45) is 0. The Morgan fingerprint density at radius 2 is 2.20 bits per heavy atom. The van der Waals surface area contributed by atoms with Crippen LogP contribution in [-0.4, -0.2) is 16.7 Å². The number of ether oxygens (including phenoxy) is 1. The van der Waals surface area contributed by atoms with Gasteiger partial charge in [-0.25, -0.2) is 4.79 Å². The highest BCUT2D eigenvalue weighted by atomic mass is 16.6. The fourth-order valence-electron chi connectivity index (χ4n) is 0.839. The Morgan fingerprint density at radius 1 is 1.53 bits per heavy atom. The number of hydrogen-bond donors (Lipinski definition) is 0. The molecule has 15 heavy (non-hydrogen) atoms. The molecule has 0 spiro atoms. The van der Waals surface area contributed by atoms with Crippen molar-refractivity contribution in [2.24, 2.45) is 0 Å². The van der Waals surface area contributed by atoms with E-state index in [1.165, 1.54) is 0 Å². The average molecular weight is 207 g/mol. The summed E-state index contributed by atoms with van der Waals surface area (Å²) in [7, 11) is 0. The number of nitrogens with zero attached hydrogens (tertiary/aromatic N) is 1. The van der Waals surface area contributed by atoms with Crippen molar-refractivity contribution in [2.75, 3.05) is 0 Å². The lowest BCUT2D eigenvalue weighted by Gasteiger charge is -2.16. The predicted molar refractivity (Wildman–Crippen MR) is 54.0 cm³/mol. The minimum Gasteiger partial charge on any atom is -0.450 e. The molecule has 0 unspecified atom stereocenters. The molecule has 0 aromatic carbocycles. The van der Waals surface area contributed by atoms with Crippen molar-refractivity contribution in [3.05, 3.63) is 17.5 Å². The number of aromatic nitrogens is 1. The van der Waals surface area contributed by atoms with E-state index < -0.39 is 11.6 Å². The monoisotopic (exact) mass is 207 g/mol. The van der Waals surface area contributed by atoms with Crippen molar-refractivity contribution in [1.29, 1.82) is 0 Å². The maximum absolute atomic E-state index is 11.2. The molecule has 0 N–H and O–H groups in total. The number of aryl methyl sites for hydroxylation is 1. The van der Waals surface area contributed by atoms with Gasteiger partial charge in [0.1, 0.15) is 5.60 Å². The first-order valence-corrected chi connectivity index (χ1v) is 4.55. The molecule has 0 bridgehead atoms. The molecule has 4 heteroatoms. The number of rotatable bonds is 0. The summed E-state index contributed by atoms with van der Waals surface area (Å²) in [5.41, 5.74) is 0.201. The number of esters is 1. The highest BCUT2D eigenvalue weighted by Gasteiger charge is 2.14. The normalized spacial score (nSPS) is 10.4. The van der Waals surface area contributed by atoms with Gasteiger partial charge in [-0.05, 0) is 33.6 Å². The van der Waals surface area contributed by atoms with E-state index in [9.17, 15) is 4.79 Å². The highest BCUT2D eigenvalue weighted by molar-refractivity contribution is 5.89. The van der Waals surface area contributed by atoms with Crippen LogP contribution in [0.15, 0.2) is 10.6 Å². The van der Waals surface area contributed by atoms with Crippen molar-refractivity contribution in [3.8, 4) is 11.8 Å². The van der Waals surface area contributed by atoms with E-state index in [1.807, 2.05) is 0 Å².